The molecule has 1 aliphatic heterocycles. The van der Waals surface area contributed by atoms with Crippen molar-refractivity contribution in [2.24, 2.45) is 5.41 Å². The van der Waals surface area contributed by atoms with Gasteiger partial charge in [0, 0.05) is 12.0 Å². The van der Waals surface area contributed by atoms with Crippen LogP contribution in [0.15, 0.2) is 24.3 Å². The van der Waals surface area contributed by atoms with Crippen LogP contribution in [0.25, 0.3) is 0 Å². The normalized spacial score (nSPS) is 18.1. The van der Waals surface area contributed by atoms with Crippen molar-refractivity contribution in [1.29, 1.82) is 0 Å². The molecule has 1 N–H and O–H groups in total. The van der Waals surface area contributed by atoms with Gasteiger partial charge in [-0.3, -0.25) is 0 Å². The zero-order valence-electron chi connectivity index (χ0n) is 9.63. The van der Waals surface area contributed by atoms with Crippen LogP contribution < -0.4 is 5.32 Å². The molecule has 0 aromatic heterocycles. The lowest BCUT2D eigenvalue weighted by Crippen LogP contribution is -2.47. The van der Waals surface area contributed by atoms with Gasteiger partial charge in [0.05, 0.1) is 13.2 Å². The molecule has 16 heavy (non-hydrogen) atoms. The third-order valence-electron chi connectivity index (χ3n) is 2.93. The molecule has 0 unspecified atom stereocenters. The van der Waals surface area contributed by atoms with Crippen molar-refractivity contribution in [2.45, 2.75) is 13.3 Å². The molecule has 1 aromatic rings. The molecule has 2 rings (SSSR count). The number of halogens is 1. The van der Waals surface area contributed by atoms with Gasteiger partial charge in [-0.05, 0) is 30.7 Å². The first-order valence-electron chi connectivity index (χ1n) is 5.71. The molecule has 0 amide bonds. The van der Waals surface area contributed by atoms with E-state index in [2.05, 4.69) is 12.2 Å². The Labute approximate surface area is 95.8 Å². The van der Waals surface area contributed by atoms with Crippen LogP contribution in [0, 0.1) is 11.2 Å². The molecule has 0 radical (unpaired) electrons. The number of nitrogens with one attached hydrogen (secondary N) is 1. The van der Waals surface area contributed by atoms with E-state index in [1.807, 2.05) is 6.07 Å². The van der Waals surface area contributed by atoms with E-state index in [0.717, 1.165) is 38.3 Å². The number of benzene rings is 1. The second-order valence-electron chi connectivity index (χ2n) is 4.86. The van der Waals surface area contributed by atoms with Gasteiger partial charge in [-0.15, -0.1) is 0 Å². The van der Waals surface area contributed by atoms with Crippen LogP contribution in [0.3, 0.4) is 0 Å². The average molecular weight is 223 g/mol. The minimum absolute atomic E-state index is 0.156. The minimum atomic E-state index is -0.156. The van der Waals surface area contributed by atoms with Crippen molar-refractivity contribution >= 4 is 0 Å². The summed E-state index contributed by atoms with van der Waals surface area (Å²) in [6, 6.07) is 6.78. The van der Waals surface area contributed by atoms with Crippen LogP contribution in [0.5, 0.6) is 0 Å². The molecule has 88 valence electrons. The largest absolute Gasteiger partial charge is 0.380 e. The molecule has 1 fully saturated rings. The quantitative estimate of drug-likeness (QED) is 0.771. The standard InChI is InChI=1S/C13H18FNO/c1-13(9-16-10-13)8-15-6-5-11-3-2-4-12(14)7-11/h2-4,7,15H,5-6,8-10H2,1H3. The summed E-state index contributed by atoms with van der Waals surface area (Å²) in [5.41, 5.74) is 1.35. The number of hydrogen-bond donors (Lipinski definition) is 1. The Bertz CT molecular complexity index is 350. The summed E-state index contributed by atoms with van der Waals surface area (Å²) >= 11 is 0. The zero-order chi connectivity index (χ0) is 11.4. The first kappa shape index (κ1) is 11.6. The van der Waals surface area contributed by atoms with E-state index < -0.39 is 0 Å². The highest BCUT2D eigenvalue weighted by Crippen LogP contribution is 2.24. The fourth-order valence-corrected chi connectivity index (χ4v) is 1.87. The molecule has 0 atom stereocenters. The topological polar surface area (TPSA) is 21.3 Å². The Morgan fingerprint density at radius 1 is 1.44 bits per heavy atom. The molecule has 0 saturated carbocycles. The van der Waals surface area contributed by atoms with Gasteiger partial charge >= 0.3 is 0 Å². The Kier molecular flexibility index (Phi) is 3.56. The number of rotatable bonds is 5. The molecule has 0 spiro atoms. The van der Waals surface area contributed by atoms with Crippen molar-refractivity contribution in [3.8, 4) is 0 Å². The zero-order valence-corrected chi connectivity index (χ0v) is 9.63. The summed E-state index contributed by atoms with van der Waals surface area (Å²) in [6.07, 6.45) is 0.870. The monoisotopic (exact) mass is 223 g/mol. The van der Waals surface area contributed by atoms with Crippen LogP contribution in [-0.2, 0) is 11.2 Å². The van der Waals surface area contributed by atoms with E-state index in [4.69, 9.17) is 4.74 Å². The van der Waals surface area contributed by atoms with Crippen LogP contribution in [-0.4, -0.2) is 26.3 Å². The van der Waals surface area contributed by atoms with Gasteiger partial charge in [0.2, 0.25) is 0 Å². The highest BCUT2D eigenvalue weighted by Gasteiger charge is 2.32. The lowest BCUT2D eigenvalue weighted by atomic mass is 9.89. The summed E-state index contributed by atoms with van der Waals surface area (Å²) in [5.74, 6) is -0.156. The molecule has 1 heterocycles. The Morgan fingerprint density at radius 2 is 2.25 bits per heavy atom. The fourth-order valence-electron chi connectivity index (χ4n) is 1.87. The van der Waals surface area contributed by atoms with Gasteiger partial charge in [0.1, 0.15) is 5.82 Å². The van der Waals surface area contributed by atoms with Crippen molar-refractivity contribution in [1.82, 2.24) is 5.32 Å². The van der Waals surface area contributed by atoms with Gasteiger partial charge in [-0.25, -0.2) is 4.39 Å². The van der Waals surface area contributed by atoms with E-state index in [1.165, 1.54) is 6.07 Å². The molecule has 3 heteroatoms. The first-order chi connectivity index (χ1) is 7.68. The lowest BCUT2D eigenvalue weighted by molar-refractivity contribution is -0.0988. The van der Waals surface area contributed by atoms with E-state index >= 15 is 0 Å². The van der Waals surface area contributed by atoms with E-state index in [9.17, 15) is 4.39 Å². The van der Waals surface area contributed by atoms with Gasteiger partial charge in [-0.2, -0.15) is 0 Å². The van der Waals surface area contributed by atoms with Gasteiger partial charge < -0.3 is 10.1 Å². The molecule has 1 aromatic carbocycles. The van der Waals surface area contributed by atoms with Crippen molar-refractivity contribution in [3.63, 3.8) is 0 Å². The molecule has 1 saturated heterocycles. The summed E-state index contributed by atoms with van der Waals surface area (Å²) in [5, 5.41) is 3.39. The maximum atomic E-state index is 12.9. The molecule has 0 aliphatic carbocycles. The summed E-state index contributed by atoms with van der Waals surface area (Å²) in [4.78, 5) is 0. The Hall–Kier alpha value is -0.930. The Morgan fingerprint density at radius 3 is 2.88 bits per heavy atom. The predicted octanol–water partition coefficient (Wildman–Crippen LogP) is 1.99. The average Bonchev–Trinajstić information content (AvgIpc) is 2.22. The van der Waals surface area contributed by atoms with Crippen molar-refractivity contribution in [3.05, 3.63) is 35.6 Å². The van der Waals surface area contributed by atoms with E-state index in [0.29, 0.717) is 5.41 Å². The van der Waals surface area contributed by atoms with Crippen LogP contribution in [0.1, 0.15) is 12.5 Å². The van der Waals surface area contributed by atoms with Crippen molar-refractivity contribution < 1.29 is 9.13 Å². The molecule has 1 aliphatic rings. The number of hydrogen-bond acceptors (Lipinski definition) is 2. The third-order valence-corrected chi connectivity index (χ3v) is 2.93. The maximum absolute atomic E-state index is 12.9. The SMILES string of the molecule is CC1(CNCCc2cccc(F)c2)COC1. The molecule has 0 bridgehead atoms. The van der Waals surface area contributed by atoms with E-state index in [1.54, 1.807) is 12.1 Å². The summed E-state index contributed by atoms with van der Waals surface area (Å²) in [6.45, 7) is 5.77. The van der Waals surface area contributed by atoms with Crippen LogP contribution >= 0.6 is 0 Å². The second-order valence-corrected chi connectivity index (χ2v) is 4.86. The highest BCUT2D eigenvalue weighted by atomic mass is 19.1. The maximum Gasteiger partial charge on any atom is 0.123 e. The van der Waals surface area contributed by atoms with Gasteiger partial charge in [-0.1, -0.05) is 19.1 Å². The van der Waals surface area contributed by atoms with Crippen molar-refractivity contribution in [2.75, 3.05) is 26.3 Å². The number of ether oxygens (including phenoxy) is 1. The predicted molar refractivity (Wildman–Crippen MR) is 61.9 cm³/mol. The van der Waals surface area contributed by atoms with Gasteiger partial charge in [0.15, 0.2) is 0 Å². The van der Waals surface area contributed by atoms with E-state index in [-0.39, 0.29) is 5.82 Å². The second kappa shape index (κ2) is 4.93. The fraction of sp³-hybridized carbons (Fsp3) is 0.538. The minimum Gasteiger partial charge on any atom is -0.380 e. The molecule has 2 nitrogen and oxygen atoms in total. The smallest absolute Gasteiger partial charge is 0.123 e. The van der Waals surface area contributed by atoms with Crippen LogP contribution in [0.4, 0.5) is 4.39 Å². The Balaban J connectivity index is 1.68. The van der Waals surface area contributed by atoms with Gasteiger partial charge in [0.25, 0.3) is 0 Å². The van der Waals surface area contributed by atoms with Crippen LogP contribution in [0.2, 0.25) is 0 Å². The summed E-state index contributed by atoms with van der Waals surface area (Å²) in [7, 11) is 0. The molecular weight excluding hydrogens is 205 g/mol. The molecular formula is C13H18FNO. The first-order valence-corrected chi connectivity index (χ1v) is 5.71. The highest BCUT2D eigenvalue weighted by molar-refractivity contribution is 5.16. The lowest BCUT2D eigenvalue weighted by Gasteiger charge is -2.38. The summed E-state index contributed by atoms with van der Waals surface area (Å²) < 4.78 is 18.1. The third kappa shape index (κ3) is 3.03.